The van der Waals surface area contributed by atoms with Crippen molar-refractivity contribution in [3.63, 3.8) is 0 Å². The van der Waals surface area contributed by atoms with Crippen molar-refractivity contribution < 1.29 is 9.13 Å². The van der Waals surface area contributed by atoms with Crippen LogP contribution in [0.15, 0.2) is 0 Å². The number of halogens is 1. The SMILES string of the molecule is CC(F)(CCCC1CCCO1)CC1CCCCN1. The van der Waals surface area contributed by atoms with E-state index in [-0.39, 0.29) is 0 Å². The van der Waals surface area contributed by atoms with Gasteiger partial charge in [-0.15, -0.1) is 0 Å². The molecule has 0 aromatic carbocycles. The highest BCUT2D eigenvalue weighted by atomic mass is 19.1. The zero-order chi connectivity index (χ0) is 12.8. The van der Waals surface area contributed by atoms with E-state index in [0.29, 0.717) is 25.0 Å². The molecule has 2 fully saturated rings. The number of ether oxygens (including phenoxy) is 1. The van der Waals surface area contributed by atoms with Crippen LogP contribution in [-0.2, 0) is 4.74 Å². The lowest BCUT2D eigenvalue weighted by molar-refractivity contribution is 0.0881. The normalized spacial score (nSPS) is 32.3. The van der Waals surface area contributed by atoms with E-state index in [1.807, 2.05) is 0 Å². The molecular weight excluding hydrogens is 229 g/mol. The Kier molecular flexibility index (Phi) is 5.43. The predicted molar refractivity (Wildman–Crippen MR) is 72.6 cm³/mol. The van der Waals surface area contributed by atoms with E-state index in [2.05, 4.69) is 5.32 Å². The first-order valence-electron chi connectivity index (χ1n) is 7.70. The van der Waals surface area contributed by atoms with Crippen LogP contribution < -0.4 is 5.32 Å². The summed E-state index contributed by atoms with van der Waals surface area (Å²) in [6.45, 7) is 3.75. The van der Waals surface area contributed by atoms with Gasteiger partial charge in [0, 0.05) is 12.6 Å². The summed E-state index contributed by atoms with van der Waals surface area (Å²) in [5.74, 6) is 0. The second-order valence-electron chi connectivity index (χ2n) is 6.29. The molecule has 0 aliphatic carbocycles. The van der Waals surface area contributed by atoms with Gasteiger partial charge in [0.05, 0.1) is 6.10 Å². The third-order valence-electron chi connectivity index (χ3n) is 4.33. The minimum absolute atomic E-state index is 0.400. The Balaban J connectivity index is 1.62. The summed E-state index contributed by atoms with van der Waals surface area (Å²) in [6.07, 6.45) is 9.78. The summed E-state index contributed by atoms with van der Waals surface area (Å²) < 4.78 is 20.1. The van der Waals surface area contributed by atoms with Crippen molar-refractivity contribution >= 4 is 0 Å². The summed E-state index contributed by atoms with van der Waals surface area (Å²) in [4.78, 5) is 0. The highest BCUT2D eigenvalue weighted by molar-refractivity contribution is 4.83. The molecule has 2 heterocycles. The zero-order valence-electron chi connectivity index (χ0n) is 11.7. The maximum atomic E-state index is 14.5. The third kappa shape index (κ3) is 4.85. The molecule has 2 aliphatic rings. The number of rotatable bonds is 6. The van der Waals surface area contributed by atoms with Crippen molar-refractivity contribution in [1.82, 2.24) is 5.32 Å². The van der Waals surface area contributed by atoms with Crippen LogP contribution in [0, 0.1) is 0 Å². The van der Waals surface area contributed by atoms with E-state index in [4.69, 9.17) is 4.74 Å². The monoisotopic (exact) mass is 257 g/mol. The van der Waals surface area contributed by atoms with Gasteiger partial charge in [0.1, 0.15) is 5.67 Å². The Bertz CT molecular complexity index is 233. The molecule has 106 valence electrons. The average molecular weight is 257 g/mol. The van der Waals surface area contributed by atoms with Crippen molar-refractivity contribution in [2.75, 3.05) is 13.2 Å². The van der Waals surface area contributed by atoms with Crippen molar-refractivity contribution in [2.24, 2.45) is 0 Å². The van der Waals surface area contributed by atoms with Gasteiger partial charge in [-0.3, -0.25) is 0 Å². The van der Waals surface area contributed by atoms with Crippen LogP contribution >= 0.6 is 0 Å². The van der Waals surface area contributed by atoms with Crippen LogP contribution in [-0.4, -0.2) is 31.0 Å². The second-order valence-corrected chi connectivity index (χ2v) is 6.29. The lowest BCUT2D eigenvalue weighted by atomic mass is 9.89. The number of alkyl halides is 1. The molecule has 2 rings (SSSR count). The van der Waals surface area contributed by atoms with Gasteiger partial charge in [-0.2, -0.15) is 0 Å². The summed E-state index contributed by atoms with van der Waals surface area (Å²) in [5.41, 5.74) is -1.01. The standard InChI is InChI=1S/C15H28FNO/c1-15(16,12-13-6-2-3-10-17-13)9-4-7-14-8-5-11-18-14/h13-14,17H,2-12H2,1H3. The number of piperidine rings is 1. The highest BCUT2D eigenvalue weighted by Crippen LogP contribution is 2.28. The lowest BCUT2D eigenvalue weighted by Crippen LogP contribution is -2.39. The van der Waals surface area contributed by atoms with Crippen LogP contribution in [0.5, 0.6) is 0 Å². The van der Waals surface area contributed by atoms with Gasteiger partial charge in [0.15, 0.2) is 0 Å². The summed E-state index contributed by atoms with van der Waals surface area (Å²) in [6, 6.07) is 0.400. The van der Waals surface area contributed by atoms with Crippen LogP contribution in [0.2, 0.25) is 0 Å². The summed E-state index contributed by atoms with van der Waals surface area (Å²) in [7, 11) is 0. The van der Waals surface area contributed by atoms with E-state index in [1.54, 1.807) is 6.92 Å². The summed E-state index contributed by atoms with van der Waals surface area (Å²) >= 11 is 0. The smallest absolute Gasteiger partial charge is 0.109 e. The van der Waals surface area contributed by atoms with Crippen molar-refractivity contribution in [3.05, 3.63) is 0 Å². The van der Waals surface area contributed by atoms with Crippen LogP contribution in [0.1, 0.15) is 64.7 Å². The average Bonchev–Trinajstić information content (AvgIpc) is 2.82. The first kappa shape index (κ1) is 14.3. The number of nitrogens with one attached hydrogen (secondary N) is 1. The molecule has 0 radical (unpaired) electrons. The van der Waals surface area contributed by atoms with Gasteiger partial charge in [-0.25, -0.2) is 4.39 Å². The van der Waals surface area contributed by atoms with Crippen LogP contribution in [0.4, 0.5) is 4.39 Å². The quantitative estimate of drug-likeness (QED) is 0.785. The Labute approximate surface area is 111 Å². The fourth-order valence-corrected chi connectivity index (χ4v) is 3.28. The molecule has 2 nitrogen and oxygen atoms in total. The Hall–Kier alpha value is -0.150. The minimum atomic E-state index is -1.01. The molecule has 0 spiro atoms. The molecule has 0 bridgehead atoms. The molecule has 3 atom stereocenters. The molecule has 3 heteroatoms. The summed E-state index contributed by atoms with van der Waals surface area (Å²) in [5, 5.41) is 3.44. The Morgan fingerprint density at radius 3 is 2.83 bits per heavy atom. The molecule has 18 heavy (non-hydrogen) atoms. The zero-order valence-corrected chi connectivity index (χ0v) is 11.7. The molecular formula is C15H28FNO. The fraction of sp³-hybridized carbons (Fsp3) is 1.00. The molecule has 2 aliphatic heterocycles. The van der Waals surface area contributed by atoms with Gasteiger partial charge in [0.2, 0.25) is 0 Å². The fourth-order valence-electron chi connectivity index (χ4n) is 3.28. The molecule has 2 saturated heterocycles. The van der Waals surface area contributed by atoms with E-state index in [0.717, 1.165) is 32.4 Å². The van der Waals surface area contributed by atoms with Crippen LogP contribution in [0.3, 0.4) is 0 Å². The van der Waals surface area contributed by atoms with E-state index >= 15 is 0 Å². The predicted octanol–water partition coefficient (Wildman–Crippen LogP) is 3.60. The van der Waals surface area contributed by atoms with Crippen LogP contribution in [0.25, 0.3) is 0 Å². The van der Waals surface area contributed by atoms with E-state index in [9.17, 15) is 4.39 Å². The Morgan fingerprint density at radius 1 is 1.28 bits per heavy atom. The molecule has 0 amide bonds. The van der Waals surface area contributed by atoms with E-state index in [1.165, 1.54) is 25.7 Å². The maximum Gasteiger partial charge on any atom is 0.109 e. The molecule has 1 N–H and O–H groups in total. The highest BCUT2D eigenvalue weighted by Gasteiger charge is 2.28. The van der Waals surface area contributed by atoms with Crippen molar-refractivity contribution in [1.29, 1.82) is 0 Å². The molecule has 3 unspecified atom stereocenters. The first-order chi connectivity index (χ1) is 8.66. The van der Waals surface area contributed by atoms with Gasteiger partial charge >= 0.3 is 0 Å². The minimum Gasteiger partial charge on any atom is -0.378 e. The van der Waals surface area contributed by atoms with E-state index < -0.39 is 5.67 Å². The van der Waals surface area contributed by atoms with Crippen molar-refractivity contribution in [2.45, 2.75) is 82.5 Å². The first-order valence-corrected chi connectivity index (χ1v) is 7.70. The Morgan fingerprint density at radius 2 is 2.17 bits per heavy atom. The number of hydrogen-bond acceptors (Lipinski definition) is 2. The maximum absolute atomic E-state index is 14.5. The second kappa shape index (κ2) is 6.85. The largest absolute Gasteiger partial charge is 0.378 e. The topological polar surface area (TPSA) is 21.3 Å². The lowest BCUT2D eigenvalue weighted by Gasteiger charge is -2.30. The van der Waals surface area contributed by atoms with Gasteiger partial charge in [-0.1, -0.05) is 6.42 Å². The third-order valence-corrected chi connectivity index (χ3v) is 4.33. The molecule has 0 aromatic heterocycles. The molecule has 0 saturated carbocycles. The molecule has 0 aromatic rings. The van der Waals surface area contributed by atoms with Crippen molar-refractivity contribution in [3.8, 4) is 0 Å². The van der Waals surface area contributed by atoms with Gasteiger partial charge in [-0.05, 0) is 64.8 Å². The van der Waals surface area contributed by atoms with Gasteiger partial charge < -0.3 is 10.1 Å². The number of hydrogen-bond donors (Lipinski definition) is 1. The van der Waals surface area contributed by atoms with Gasteiger partial charge in [0.25, 0.3) is 0 Å².